The third-order valence-electron chi connectivity index (χ3n) is 2.13. The van der Waals surface area contributed by atoms with Crippen molar-refractivity contribution in [2.75, 3.05) is 33.5 Å². The van der Waals surface area contributed by atoms with E-state index < -0.39 is 0 Å². The summed E-state index contributed by atoms with van der Waals surface area (Å²) in [6, 6.07) is 3.56. The molecule has 1 aromatic rings. The maximum atomic E-state index is 5.54. The summed E-state index contributed by atoms with van der Waals surface area (Å²) in [4.78, 5) is 4.30. The Morgan fingerprint density at radius 1 is 1.33 bits per heavy atom. The minimum Gasteiger partial charge on any atom is -0.489 e. The summed E-state index contributed by atoms with van der Waals surface area (Å²) in [5.74, 6) is 0.588. The summed E-state index contributed by atoms with van der Waals surface area (Å²) in [7, 11) is 1.67. The van der Waals surface area contributed by atoms with Gasteiger partial charge >= 0.3 is 0 Å². The molecule has 0 atom stereocenters. The van der Waals surface area contributed by atoms with Crippen molar-refractivity contribution in [3.8, 4) is 5.75 Å². The predicted molar refractivity (Wildman–Crippen MR) is 72.9 cm³/mol. The van der Waals surface area contributed by atoms with Gasteiger partial charge in [0.1, 0.15) is 23.0 Å². The lowest BCUT2D eigenvalue weighted by atomic mass is 10.3. The highest BCUT2D eigenvalue weighted by Gasteiger charge is 2.06. The second-order valence-corrected chi connectivity index (χ2v) is 3.96. The fourth-order valence-corrected chi connectivity index (χ4v) is 1.46. The summed E-state index contributed by atoms with van der Waals surface area (Å²) < 4.78 is 15.8. The Kier molecular flexibility index (Phi) is 7.24. The van der Waals surface area contributed by atoms with Gasteiger partial charge in [-0.1, -0.05) is 12.2 Å². The maximum Gasteiger partial charge on any atom is 0.148 e. The van der Waals surface area contributed by atoms with Crippen LogP contribution in [0.4, 0.5) is 0 Å². The van der Waals surface area contributed by atoms with Gasteiger partial charge in [0.2, 0.25) is 0 Å². The van der Waals surface area contributed by atoms with Crippen molar-refractivity contribution in [3.05, 3.63) is 24.0 Å². The van der Waals surface area contributed by atoms with Crippen LogP contribution in [0.25, 0.3) is 0 Å². The van der Waals surface area contributed by atoms with Crippen LogP contribution in [0, 0.1) is 0 Å². The van der Waals surface area contributed by atoms with E-state index in [0.29, 0.717) is 37.9 Å². The van der Waals surface area contributed by atoms with Crippen LogP contribution < -0.4 is 10.5 Å². The Bertz CT molecular complexity index is 374. The van der Waals surface area contributed by atoms with Gasteiger partial charge < -0.3 is 19.9 Å². The Hall–Kier alpha value is -1.24. The van der Waals surface area contributed by atoms with Gasteiger partial charge in [0.05, 0.1) is 6.61 Å². The van der Waals surface area contributed by atoms with E-state index in [1.165, 1.54) is 0 Å². The molecule has 2 N–H and O–H groups in total. The first-order chi connectivity index (χ1) is 8.75. The topological polar surface area (TPSA) is 66.6 Å². The molecule has 18 heavy (non-hydrogen) atoms. The smallest absolute Gasteiger partial charge is 0.148 e. The Labute approximate surface area is 112 Å². The van der Waals surface area contributed by atoms with Gasteiger partial charge in [0.25, 0.3) is 0 Å². The van der Waals surface area contributed by atoms with E-state index in [0.717, 1.165) is 6.42 Å². The zero-order valence-electron chi connectivity index (χ0n) is 10.4. The minimum atomic E-state index is 0.228. The van der Waals surface area contributed by atoms with Crippen LogP contribution in [-0.2, 0) is 9.47 Å². The number of ether oxygens (including phenoxy) is 3. The van der Waals surface area contributed by atoms with Crippen LogP contribution in [-0.4, -0.2) is 43.5 Å². The van der Waals surface area contributed by atoms with Crippen molar-refractivity contribution >= 4 is 17.2 Å². The molecule has 5 nitrogen and oxygen atoms in total. The lowest BCUT2D eigenvalue weighted by molar-refractivity contribution is 0.0805. The van der Waals surface area contributed by atoms with E-state index >= 15 is 0 Å². The van der Waals surface area contributed by atoms with E-state index in [1.54, 1.807) is 25.4 Å². The third kappa shape index (κ3) is 5.39. The zero-order chi connectivity index (χ0) is 13.2. The molecule has 0 amide bonds. The molecule has 0 bridgehead atoms. The predicted octanol–water partition coefficient (Wildman–Crippen LogP) is 1.15. The molecular formula is C12H18N2O3S. The number of methoxy groups -OCH3 is 1. The van der Waals surface area contributed by atoms with Gasteiger partial charge in [-0.25, -0.2) is 4.98 Å². The standard InChI is InChI=1S/C12H18N2O3S/c1-15-6-3-7-16-8-9-17-10-4-2-5-14-11(10)12(13)18/h2,4-5H,3,6-9H2,1H3,(H2,13,18). The van der Waals surface area contributed by atoms with Gasteiger partial charge in [0.15, 0.2) is 0 Å². The average molecular weight is 270 g/mol. The van der Waals surface area contributed by atoms with E-state index in [4.69, 9.17) is 32.2 Å². The van der Waals surface area contributed by atoms with E-state index in [-0.39, 0.29) is 4.99 Å². The summed E-state index contributed by atoms with van der Waals surface area (Å²) in [6.45, 7) is 2.31. The maximum absolute atomic E-state index is 5.54. The number of nitrogens with zero attached hydrogens (tertiary/aromatic N) is 1. The van der Waals surface area contributed by atoms with Crippen LogP contribution in [0.2, 0.25) is 0 Å². The first-order valence-corrected chi connectivity index (χ1v) is 6.11. The molecule has 0 fully saturated rings. The van der Waals surface area contributed by atoms with E-state index in [9.17, 15) is 0 Å². The van der Waals surface area contributed by atoms with Crippen molar-refractivity contribution in [3.63, 3.8) is 0 Å². The molecule has 1 rings (SSSR count). The fraction of sp³-hybridized carbons (Fsp3) is 0.500. The molecule has 0 unspecified atom stereocenters. The van der Waals surface area contributed by atoms with Crippen molar-refractivity contribution < 1.29 is 14.2 Å². The van der Waals surface area contributed by atoms with Gasteiger partial charge in [-0.15, -0.1) is 0 Å². The molecule has 0 saturated carbocycles. The summed E-state index contributed by atoms with van der Waals surface area (Å²) >= 11 is 4.89. The monoisotopic (exact) mass is 270 g/mol. The molecular weight excluding hydrogens is 252 g/mol. The van der Waals surface area contributed by atoms with E-state index in [1.807, 2.05) is 0 Å². The van der Waals surface area contributed by atoms with Gasteiger partial charge in [0, 0.05) is 26.5 Å². The molecule has 6 heteroatoms. The number of hydrogen-bond acceptors (Lipinski definition) is 5. The number of thiocarbonyl (C=S) groups is 1. The first kappa shape index (κ1) is 14.8. The number of nitrogens with two attached hydrogens (primary N) is 1. The van der Waals surface area contributed by atoms with E-state index in [2.05, 4.69) is 4.98 Å². The number of aromatic nitrogens is 1. The number of hydrogen-bond donors (Lipinski definition) is 1. The highest BCUT2D eigenvalue weighted by Crippen LogP contribution is 2.14. The fourth-order valence-electron chi connectivity index (χ4n) is 1.31. The lowest BCUT2D eigenvalue weighted by Crippen LogP contribution is -2.15. The van der Waals surface area contributed by atoms with Crippen LogP contribution in [0.15, 0.2) is 18.3 Å². The third-order valence-corrected chi connectivity index (χ3v) is 2.32. The average Bonchev–Trinajstić information content (AvgIpc) is 2.38. The molecule has 0 spiro atoms. The van der Waals surface area contributed by atoms with Gasteiger partial charge in [-0.2, -0.15) is 0 Å². The second kappa shape index (κ2) is 8.79. The Morgan fingerprint density at radius 2 is 2.17 bits per heavy atom. The van der Waals surface area contributed by atoms with Crippen LogP contribution in [0.3, 0.4) is 0 Å². The molecule has 1 heterocycles. The molecule has 0 saturated heterocycles. The summed E-state index contributed by atoms with van der Waals surface area (Å²) in [5.41, 5.74) is 6.05. The van der Waals surface area contributed by atoms with Gasteiger partial charge in [-0.3, -0.25) is 0 Å². The molecule has 100 valence electrons. The SMILES string of the molecule is COCCCOCCOc1cccnc1C(N)=S. The van der Waals surface area contributed by atoms with Crippen molar-refractivity contribution in [2.24, 2.45) is 5.73 Å². The number of rotatable bonds is 9. The summed E-state index contributed by atoms with van der Waals surface area (Å²) in [6.07, 6.45) is 2.50. The van der Waals surface area contributed by atoms with Crippen molar-refractivity contribution in [1.82, 2.24) is 4.98 Å². The molecule has 0 aliphatic rings. The van der Waals surface area contributed by atoms with Crippen LogP contribution in [0.1, 0.15) is 12.1 Å². The zero-order valence-corrected chi connectivity index (χ0v) is 11.2. The highest BCUT2D eigenvalue weighted by molar-refractivity contribution is 7.80. The highest BCUT2D eigenvalue weighted by atomic mass is 32.1. The molecule has 1 aromatic heterocycles. The largest absolute Gasteiger partial charge is 0.489 e. The molecule has 0 aromatic carbocycles. The van der Waals surface area contributed by atoms with Crippen LogP contribution in [0.5, 0.6) is 5.75 Å². The Balaban J connectivity index is 2.25. The summed E-state index contributed by atoms with van der Waals surface area (Å²) in [5, 5.41) is 0. The molecule has 0 aliphatic heterocycles. The normalized spacial score (nSPS) is 10.3. The number of pyridine rings is 1. The second-order valence-electron chi connectivity index (χ2n) is 3.52. The van der Waals surface area contributed by atoms with Crippen LogP contribution >= 0.6 is 12.2 Å². The van der Waals surface area contributed by atoms with Crippen molar-refractivity contribution in [2.45, 2.75) is 6.42 Å². The lowest BCUT2D eigenvalue weighted by Gasteiger charge is -2.09. The molecule has 0 aliphatic carbocycles. The quantitative estimate of drug-likeness (QED) is 0.536. The first-order valence-electron chi connectivity index (χ1n) is 5.70. The van der Waals surface area contributed by atoms with Crippen molar-refractivity contribution in [1.29, 1.82) is 0 Å². The molecule has 0 radical (unpaired) electrons. The van der Waals surface area contributed by atoms with Gasteiger partial charge in [-0.05, 0) is 18.6 Å². The Morgan fingerprint density at radius 3 is 2.89 bits per heavy atom. The minimum absolute atomic E-state index is 0.228.